The molecule has 0 unspecified atom stereocenters. The maximum Gasteiger partial charge on any atom is 0.255 e. The lowest BCUT2D eigenvalue weighted by Crippen LogP contribution is -2.27. The van der Waals surface area contributed by atoms with E-state index in [9.17, 15) is 13.2 Å². The van der Waals surface area contributed by atoms with Crippen molar-refractivity contribution in [2.24, 2.45) is 0 Å². The van der Waals surface area contributed by atoms with E-state index in [1.54, 1.807) is 24.0 Å². The van der Waals surface area contributed by atoms with E-state index in [2.05, 4.69) is 15.4 Å². The predicted molar refractivity (Wildman–Crippen MR) is 89.4 cm³/mol. The molecule has 2 atom stereocenters. The Balaban J connectivity index is 1.75. The number of hydrogen-bond donors (Lipinski definition) is 1. The molecule has 3 rings (SSSR count). The molecule has 128 valence electrons. The highest BCUT2D eigenvalue weighted by atomic mass is 32.2. The van der Waals surface area contributed by atoms with Gasteiger partial charge in [-0.1, -0.05) is 6.07 Å². The van der Waals surface area contributed by atoms with Crippen LogP contribution in [0.25, 0.3) is 0 Å². The molecule has 0 aromatic carbocycles. The SMILES string of the molecule is Cc1c(C(=O)N[C@H](C)c2cccnc2)cnn1[C@H]1CCS(=O)(=O)C1. The zero-order valence-electron chi connectivity index (χ0n) is 13.6. The van der Waals surface area contributed by atoms with E-state index < -0.39 is 9.84 Å². The van der Waals surface area contributed by atoms with Crippen LogP contribution in [0, 0.1) is 6.92 Å². The first-order valence-electron chi connectivity index (χ1n) is 7.83. The fourth-order valence-electron chi connectivity index (χ4n) is 2.97. The first kappa shape index (κ1) is 16.6. The Bertz CT molecular complexity index is 845. The van der Waals surface area contributed by atoms with Gasteiger partial charge in [-0.25, -0.2) is 8.42 Å². The fraction of sp³-hybridized carbons (Fsp3) is 0.438. The zero-order chi connectivity index (χ0) is 17.3. The molecule has 0 aliphatic carbocycles. The van der Waals surface area contributed by atoms with Gasteiger partial charge in [0.1, 0.15) is 0 Å². The van der Waals surface area contributed by atoms with Gasteiger partial charge in [-0.05, 0) is 31.9 Å². The zero-order valence-corrected chi connectivity index (χ0v) is 14.5. The molecule has 0 bridgehead atoms. The number of aromatic nitrogens is 3. The number of hydrogen-bond acceptors (Lipinski definition) is 5. The average molecular weight is 348 g/mol. The van der Waals surface area contributed by atoms with Crippen molar-refractivity contribution in [2.75, 3.05) is 11.5 Å². The first-order valence-corrected chi connectivity index (χ1v) is 9.65. The van der Waals surface area contributed by atoms with Gasteiger partial charge in [-0.3, -0.25) is 14.5 Å². The number of rotatable bonds is 4. The minimum atomic E-state index is -2.99. The largest absolute Gasteiger partial charge is 0.345 e. The molecular weight excluding hydrogens is 328 g/mol. The maximum absolute atomic E-state index is 12.5. The maximum atomic E-state index is 12.5. The van der Waals surface area contributed by atoms with Crippen LogP contribution in [0.15, 0.2) is 30.7 Å². The minimum Gasteiger partial charge on any atom is -0.345 e. The number of amides is 1. The van der Waals surface area contributed by atoms with Crippen molar-refractivity contribution in [1.82, 2.24) is 20.1 Å². The second-order valence-corrected chi connectivity index (χ2v) is 8.36. The Morgan fingerprint density at radius 2 is 2.21 bits per heavy atom. The van der Waals surface area contributed by atoms with Crippen LogP contribution in [0.1, 0.15) is 47.0 Å². The molecule has 1 saturated heterocycles. The summed E-state index contributed by atoms with van der Waals surface area (Å²) in [6.07, 6.45) is 5.44. The molecule has 7 nitrogen and oxygen atoms in total. The highest BCUT2D eigenvalue weighted by molar-refractivity contribution is 7.91. The van der Waals surface area contributed by atoms with Gasteiger partial charge in [0.25, 0.3) is 5.91 Å². The van der Waals surface area contributed by atoms with E-state index in [0.29, 0.717) is 17.7 Å². The third kappa shape index (κ3) is 3.33. The van der Waals surface area contributed by atoms with E-state index in [0.717, 1.165) is 5.56 Å². The molecule has 0 saturated carbocycles. The smallest absolute Gasteiger partial charge is 0.255 e. The summed E-state index contributed by atoms with van der Waals surface area (Å²) in [5, 5.41) is 7.17. The van der Waals surface area contributed by atoms with Crippen molar-refractivity contribution < 1.29 is 13.2 Å². The number of sulfone groups is 1. The molecule has 2 aromatic heterocycles. The Morgan fingerprint density at radius 1 is 1.42 bits per heavy atom. The van der Waals surface area contributed by atoms with Crippen molar-refractivity contribution in [3.8, 4) is 0 Å². The van der Waals surface area contributed by atoms with Crippen LogP contribution in [0.2, 0.25) is 0 Å². The van der Waals surface area contributed by atoms with E-state index in [4.69, 9.17) is 0 Å². The Labute approximate surface area is 141 Å². The Kier molecular flexibility index (Phi) is 4.40. The van der Waals surface area contributed by atoms with Crippen LogP contribution in [-0.2, 0) is 9.84 Å². The van der Waals surface area contributed by atoms with E-state index in [-0.39, 0.29) is 29.5 Å². The molecule has 1 amide bonds. The van der Waals surface area contributed by atoms with Gasteiger partial charge in [0.05, 0.1) is 35.3 Å². The third-order valence-electron chi connectivity index (χ3n) is 4.38. The molecule has 8 heteroatoms. The molecule has 0 spiro atoms. The summed E-state index contributed by atoms with van der Waals surface area (Å²) in [6.45, 7) is 3.68. The summed E-state index contributed by atoms with van der Waals surface area (Å²) in [5.74, 6) is 0.0371. The summed E-state index contributed by atoms with van der Waals surface area (Å²) in [6, 6.07) is 3.35. The molecule has 1 aliphatic heterocycles. The Morgan fingerprint density at radius 3 is 2.83 bits per heavy atom. The summed E-state index contributed by atoms with van der Waals surface area (Å²) in [4.78, 5) is 16.6. The number of carbonyl (C=O) groups excluding carboxylic acids is 1. The van der Waals surface area contributed by atoms with Crippen molar-refractivity contribution in [3.05, 3.63) is 47.5 Å². The number of pyridine rings is 1. The van der Waals surface area contributed by atoms with Gasteiger partial charge in [0.15, 0.2) is 9.84 Å². The fourth-order valence-corrected chi connectivity index (χ4v) is 4.66. The lowest BCUT2D eigenvalue weighted by atomic mass is 10.1. The summed E-state index contributed by atoms with van der Waals surface area (Å²) in [7, 11) is -2.99. The van der Waals surface area contributed by atoms with Crippen LogP contribution < -0.4 is 5.32 Å². The molecule has 3 heterocycles. The van der Waals surface area contributed by atoms with Crippen LogP contribution in [0.3, 0.4) is 0 Å². The molecule has 1 aliphatic rings. The number of nitrogens with zero attached hydrogens (tertiary/aromatic N) is 3. The van der Waals surface area contributed by atoms with Gasteiger partial charge in [-0.2, -0.15) is 5.10 Å². The molecule has 24 heavy (non-hydrogen) atoms. The lowest BCUT2D eigenvalue weighted by molar-refractivity contribution is 0.0939. The van der Waals surface area contributed by atoms with E-state index in [1.165, 1.54) is 6.20 Å². The normalized spacial score (nSPS) is 20.7. The van der Waals surface area contributed by atoms with Crippen molar-refractivity contribution in [3.63, 3.8) is 0 Å². The van der Waals surface area contributed by atoms with E-state index >= 15 is 0 Å². The number of carbonyl (C=O) groups is 1. The summed E-state index contributed by atoms with van der Waals surface area (Å²) >= 11 is 0. The number of nitrogens with one attached hydrogen (secondary N) is 1. The van der Waals surface area contributed by atoms with Gasteiger partial charge in [0, 0.05) is 18.1 Å². The van der Waals surface area contributed by atoms with Crippen molar-refractivity contribution in [1.29, 1.82) is 0 Å². The Hall–Kier alpha value is -2.22. The van der Waals surface area contributed by atoms with Gasteiger partial charge in [0.2, 0.25) is 0 Å². The topological polar surface area (TPSA) is 93.9 Å². The summed E-state index contributed by atoms with van der Waals surface area (Å²) in [5.41, 5.74) is 2.07. The standard InChI is InChI=1S/C16H20N4O3S/c1-11(13-4-3-6-17-8-13)19-16(21)15-9-18-20(12(15)2)14-5-7-24(22,23)10-14/h3-4,6,8-9,11,14H,5,7,10H2,1-2H3,(H,19,21)/t11-,14+/m1/s1. The second-order valence-electron chi connectivity index (χ2n) is 6.13. The van der Waals surface area contributed by atoms with Crippen molar-refractivity contribution in [2.45, 2.75) is 32.4 Å². The van der Waals surface area contributed by atoms with Crippen LogP contribution in [-0.4, -0.2) is 40.6 Å². The first-order chi connectivity index (χ1) is 11.4. The van der Waals surface area contributed by atoms with Crippen molar-refractivity contribution >= 4 is 15.7 Å². The molecule has 1 N–H and O–H groups in total. The van der Waals surface area contributed by atoms with Crippen LogP contribution >= 0.6 is 0 Å². The van der Waals surface area contributed by atoms with Crippen LogP contribution in [0.4, 0.5) is 0 Å². The molecule has 0 radical (unpaired) electrons. The van der Waals surface area contributed by atoms with Gasteiger partial charge in [-0.15, -0.1) is 0 Å². The average Bonchev–Trinajstić information content (AvgIpc) is 3.10. The van der Waals surface area contributed by atoms with Crippen LogP contribution in [0.5, 0.6) is 0 Å². The predicted octanol–water partition coefficient (Wildman–Crippen LogP) is 1.44. The minimum absolute atomic E-state index is 0.0860. The molecule has 2 aromatic rings. The monoisotopic (exact) mass is 348 g/mol. The second kappa shape index (κ2) is 6.35. The highest BCUT2D eigenvalue weighted by Gasteiger charge is 2.31. The highest BCUT2D eigenvalue weighted by Crippen LogP contribution is 2.25. The van der Waals surface area contributed by atoms with Gasteiger partial charge < -0.3 is 5.32 Å². The quantitative estimate of drug-likeness (QED) is 0.902. The third-order valence-corrected chi connectivity index (χ3v) is 6.13. The van der Waals surface area contributed by atoms with E-state index in [1.807, 2.05) is 19.1 Å². The van der Waals surface area contributed by atoms with Gasteiger partial charge >= 0.3 is 0 Å². The molecular formula is C16H20N4O3S. The lowest BCUT2D eigenvalue weighted by Gasteiger charge is -2.14. The summed E-state index contributed by atoms with van der Waals surface area (Å²) < 4.78 is 24.9. The molecule has 1 fully saturated rings.